The molecule has 2 nitrogen and oxygen atoms in total. The van der Waals surface area contributed by atoms with E-state index in [-0.39, 0.29) is 0 Å². The summed E-state index contributed by atoms with van der Waals surface area (Å²) in [4.78, 5) is 0. The first-order valence-electron chi connectivity index (χ1n) is 3.88. The van der Waals surface area contributed by atoms with Crippen molar-refractivity contribution in [1.29, 1.82) is 0 Å². The lowest BCUT2D eigenvalue weighted by Crippen LogP contribution is -2.32. The average Bonchev–Trinajstić information content (AvgIpc) is 2.03. The molecule has 0 aromatic heterocycles. The van der Waals surface area contributed by atoms with Crippen LogP contribution in [-0.2, 0) is 4.74 Å². The van der Waals surface area contributed by atoms with E-state index in [2.05, 4.69) is 6.58 Å². The van der Waals surface area contributed by atoms with Gasteiger partial charge >= 0.3 is 0 Å². The number of hydrogen-bond donors (Lipinski definition) is 1. The molecule has 0 radical (unpaired) electrons. The topological polar surface area (TPSA) is 29.5 Å². The van der Waals surface area contributed by atoms with Gasteiger partial charge in [-0.3, -0.25) is 0 Å². The smallest absolute Gasteiger partial charge is 0.215 e. The molecule has 11 heavy (non-hydrogen) atoms. The predicted molar refractivity (Wildman–Crippen MR) is 47.4 cm³/mol. The molecule has 0 amide bonds. The highest BCUT2D eigenvalue weighted by Crippen LogP contribution is 2.32. The maximum absolute atomic E-state index is 9.70. The van der Waals surface area contributed by atoms with Crippen molar-refractivity contribution < 1.29 is 9.84 Å². The number of ether oxygens (including phenoxy) is 1. The van der Waals surface area contributed by atoms with Crippen molar-refractivity contribution in [2.45, 2.75) is 24.4 Å². The summed E-state index contributed by atoms with van der Waals surface area (Å²) in [5.41, 5.74) is 0. The second-order valence-corrected chi connectivity index (χ2v) is 3.88. The molecule has 1 rings (SSSR count). The fourth-order valence-corrected chi connectivity index (χ4v) is 1.89. The molecular formula is C8H14O2S. The van der Waals surface area contributed by atoms with Crippen LogP contribution in [0.15, 0.2) is 12.7 Å². The van der Waals surface area contributed by atoms with Gasteiger partial charge in [-0.2, -0.15) is 0 Å². The van der Waals surface area contributed by atoms with E-state index >= 15 is 0 Å². The Balaban J connectivity index is 2.30. The molecule has 0 bridgehead atoms. The summed E-state index contributed by atoms with van der Waals surface area (Å²) in [7, 11) is 0. The van der Waals surface area contributed by atoms with Gasteiger partial charge in [-0.15, -0.1) is 6.58 Å². The van der Waals surface area contributed by atoms with Crippen LogP contribution in [-0.4, -0.2) is 22.6 Å². The predicted octanol–water partition coefficient (Wildman–Crippen LogP) is 1.75. The summed E-state index contributed by atoms with van der Waals surface area (Å²) in [5, 5.41) is 8.77. The van der Waals surface area contributed by atoms with Gasteiger partial charge in [0, 0.05) is 12.2 Å². The maximum atomic E-state index is 9.70. The number of hydrogen-bond acceptors (Lipinski definition) is 3. The molecule has 0 spiro atoms. The largest absolute Gasteiger partial charge is 0.357 e. The molecule has 1 N–H and O–H groups in total. The van der Waals surface area contributed by atoms with Crippen molar-refractivity contribution in [1.82, 2.24) is 0 Å². The van der Waals surface area contributed by atoms with E-state index in [1.165, 1.54) is 11.8 Å². The Bertz CT molecular complexity index is 130. The molecular weight excluding hydrogens is 160 g/mol. The number of rotatable bonds is 3. The third-order valence-corrected chi connectivity index (χ3v) is 2.82. The van der Waals surface area contributed by atoms with Gasteiger partial charge in [-0.05, 0) is 12.8 Å². The van der Waals surface area contributed by atoms with Gasteiger partial charge in [0.25, 0.3) is 0 Å². The van der Waals surface area contributed by atoms with Crippen LogP contribution in [0.25, 0.3) is 0 Å². The summed E-state index contributed by atoms with van der Waals surface area (Å²) >= 11 is 1.41. The highest BCUT2D eigenvalue weighted by atomic mass is 32.2. The lowest BCUT2D eigenvalue weighted by Gasteiger charge is -2.30. The summed E-state index contributed by atoms with van der Waals surface area (Å²) in [6.07, 6.45) is 4.64. The normalized spacial score (nSPS) is 31.7. The fraction of sp³-hybridized carbons (Fsp3) is 0.750. The van der Waals surface area contributed by atoms with Crippen LogP contribution in [0, 0.1) is 0 Å². The van der Waals surface area contributed by atoms with Crippen molar-refractivity contribution in [3.63, 3.8) is 0 Å². The Morgan fingerprint density at radius 3 is 3.00 bits per heavy atom. The maximum Gasteiger partial charge on any atom is 0.215 e. The van der Waals surface area contributed by atoms with Crippen LogP contribution in [0.1, 0.15) is 19.3 Å². The second-order valence-electron chi connectivity index (χ2n) is 2.62. The minimum Gasteiger partial charge on any atom is -0.357 e. The van der Waals surface area contributed by atoms with E-state index in [1.54, 1.807) is 6.08 Å². The lowest BCUT2D eigenvalue weighted by atomic mass is 10.2. The minimum atomic E-state index is -0.924. The van der Waals surface area contributed by atoms with Crippen LogP contribution in [0.5, 0.6) is 0 Å². The van der Waals surface area contributed by atoms with Crippen molar-refractivity contribution in [2.24, 2.45) is 0 Å². The third kappa shape index (κ3) is 2.85. The summed E-state index contributed by atoms with van der Waals surface area (Å²) in [6, 6.07) is 0. The molecule has 1 unspecified atom stereocenters. The molecule has 1 aliphatic heterocycles. The van der Waals surface area contributed by atoms with Crippen LogP contribution < -0.4 is 0 Å². The molecule has 0 aromatic carbocycles. The highest BCUT2D eigenvalue weighted by molar-refractivity contribution is 8.00. The van der Waals surface area contributed by atoms with Gasteiger partial charge in [0.1, 0.15) is 0 Å². The standard InChI is InChI=1S/C8H14O2S/c1-2-7-11-8(9)5-3-4-6-10-8/h2,9H,1,3-7H2. The van der Waals surface area contributed by atoms with E-state index in [9.17, 15) is 5.11 Å². The summed E-state index contributed by atoms with van der Waals surface area (Å²) < 4.78 is 5.24. The van der Waals surface area contributed by atoms with Gasteiger partial charge in [0.2, 0.25) is 5.12 Å². The third-order valence-electron chi connectivity index (χ3n) is 1.64. The quantitative estimate of drug-likeness (QED) is 0.522. The Kier molecular flexibility index (Phi) is 3.43. The Morgan fingerprint density at radius 2 is 2.45 bits per heavy atom. The Hall–Kier alpha value is 0.01000. The molecule has 3 heteroatoms. The van der Waals surface area contributed by atoms with Gasteiger partial charge in [-0.1, -0.05) is 17.8 Å². The molecule has 0 aromatic rings. The van der Waals surface area contributed by atoms with Crippen molar-refractivity contribution in [2.75, 3.05) is 12.4 Å². The zero-order chi connectivity index (χ0) is 8.16. The fourth-order valence-electron chi connectivity index (χ4n) is 1.06. The van der Waals surface area contributed by atoms with E-state index in [4.69, 9.17) is 4.74 Å². The molecule has 1 aliphatic rings. The van der Waals surface area contributed by atoms with E-state index in [0.717, 1.165) is 25.0 Å². The first kappa shape index (κ1) is 9.10. The van der Waals surface area contributed by atoms with Gasteiger partial charge in [0.15, 0.2) is 0 Å². The SMILES string of the molecule is C=CCSC1(O)CCCCO1. The van der Waals surface area contributed by atoms with Crippen molar-refractivity contribution in [3.05, 3.63) is 12.7 Å². The molecule has 1 fully saturated rings. The molecule has 1 atom stereocenters. The lowest BCUT2D eigenvalue weighted by molar-refractivity contribution is -0.153. The molecule has 0 aliphatic carbocycles. The van der Waals surface area contributed by atoms with Crippen LogP contribution in [0.4, 0.5) is 0 Å². The first-order valence-corrected chi connectivity index (χ1v) is 4.86. The van der Waals surface area contributed by atoms with Crippen LogP contribution in [0.3, 0.4) is 0 Å². The van der Waals surface area contributed by atoms with Gasteiger partial charge in [-0.25, -0.2) is 0 Å². The monoisotopic (exact) mass is 174 g/mol. The molecule has 64 valence electrons. The summed E-state index contributed by atoms with van der Waals surface area (Å²) in [5.74, 6) is 0.747. The second kappa shape index (κ2) is 4.14. The van der Waals surface area contributed by atoms with Crippen molar-refractivity contribution >= 4 is 11.8 Å². The number of thioether (sulfide) groups is 1. The van der Waals surface area contributed by atoms with Crippen LogP contribution >= 0.6 is 11.8 Å². The molecule has 1 saturated heterocycles. The minimum absolute atomic E-state index is 0.681. The van der Waals surface area contributed by atoms with Gasteiger partial charge in [0.05, 0.1) is 6.61 Å². The zero-order valence-corrected chi connectivity index (χ0v) is 7.40. The number of aliphatic hydroxyl groups is 1. The zero-order valence-electron chi connectivity index (χ0n) is 6.58. The summed E-state index contributed by atoms with van der Waals surface area (Å²) in [6.45, 7) is 4.27. The molecule has 1 heterocycles. The van der Waals surface area contributed by atoms with Crippen LogP contribution in [0.2, 0.25) is 0 Å². The Morgan fingerprint density at radius 1 is 1.64 bits per heavy atom. The first-order chi connectivity index (χ1) is 5.27. The average molecular weight is 174 g/mol. The highest BCUT2D eigenvalue weighted by Gasteiger charge is 2.29. The van der Waals surface area contributed by atoms with E-state index < -0.39 is 5.12 Å². The van der Waals surface area contributed by atoms with E-state index in [1.807, 2.05) is 0 Å². The molecule has 0 saturated carbocycles. The van der Waals surface area contributed by atoms with E-state index in [0.29, 0.717) is 6.61 Å². The van der Waals surface area contributed by atoms with Crippen molar-refractivity contribution in [3.8, 4) is 0 Å². The van der Waals surface area contributed by atoms with Gasteiger partial charge < -0.3 is 9.84 Å². The Labute approximate surface area is 71.6 Å².